The lowest BCUT2D eigenvalue weighted by Gasteiger charge is -2.26. The van der Waals surface area contributed by atoms with Crippen LogP contribution in [0.3, 0.4) is 0 Å². The second-order valence-electron chi connectivity index (χ2n) is 4.32. The van der Waals surface area contributed by atoms with Gasteiger partial charge in [0.25, 0.3) is 0 Å². The average molecular weight is 259 g/mol. The highest BCUT2D eigenvalue weighted by Gasteiger charge is 2.22. The van der Waals surface area contributed by atoms with E-state index in [1.165, 1.54) is 12.0 Å². The summed E-state index contributed by atoms with van der Waals surface area (Å²) in [5, 5.41) is 0.942. The van der Waals surface area contributed by atoms with Gasteiger partial charge < -0.3 is 4.74 Å². The lowest BCUT2D eigenvalue weighted by atomic mass is 9.94. The van der Waals surface area contributed by atoms with E-state index in [1.54, 1.807) is 0 Å². The normalized spacial score (nSPS) is 23.0. The molecule has 1 nitrogen and oxygen atoms in total. The summed E-state index contributed by atoms with van der Waals surface area (Å²) in [6.45, 7) is 1.70. The Morgan fingerprint density at radius 2 is 2.06 bits per heavy atom. The maximum absolute atomic E-state index is 6.42. The Labute approximate surface area is 107 Å². The van der Waals surface area contributed by atoms with Gasteiger partial charge in [-0.05, 0) is 42.9 Å². The van der Waals surface area contributed by atoms with Gasteiger partial charge in [-0.3, -0.25) is 0 Å². The minimum Gasteiger partial charge on any atom is -0.381 e. The zero-order valence-corrected chi connectivity index (χ0v) is 10.7. The number of rotatable bonds is 3. The predicted octanol–water partition coefficient (Wildman–Crippen LogP) is 3.92. The maximum atomic E-state index is 6.42. The van der Waals surface area contributed by atoms with Crippen molar-refractivity contribution in [2.24, 2.45) is 5.92 Å². The van der Waals surface area contributed by atoms with Crippen LogP contribution in [0.4, 0.5) is 0 Å². The topological polar surface area (TPSA) is 9.23 Å². The van der Waals surface area contributed by atoms with E-state index < -0.39 is 0 Å². The fraction of sp³-hybridized carbons (Fsp3) is 0.538. The quantitative estimate of drug-likeness (QED) is 0.747. The van der Waals surface area contributed by atoms with Crippen LogP contribution >= 0.6 is 23.2 Å². The monoisotopic (exact) mass is 258 g/mol. The first-order chi connectivity index (χ1) is 7.75. The molecular formula is C13H16Cl2O. The molecule has 1 aliphatic heterocycles. The van der Waals surface area contributed by atoms with Crippen LogP contribution in [0, 0.1) is 5.92 Å². The summed E-state index contributed by atoms with van der Waals surface area (Å²) in [6.07, 6.45) is 3.21. The van der Waals surface area contributed by atoms with Crippen molar-refractivity contribution in [3.05, 3.63) is 34.9 Å². The van der Waals surface area contributed by atoms with Crippen molar-refractivity contribution in [3.8, 4) is 0 Å². The third-order valence-electron chi connectivity index (χ3n) is 3.05. The molecule has 2 rings (SSSR count). The summed E-state index contributed by atoms with van der Waals surface area (Å²) < 4.78 is 5.45. The van der Waals surface area contributed by atoms with E-state index in [0.29, 0.717) is 5.92 Å². The second kappa shape index (κ2) is 5.90. The SMILES string of the molecule is Clc1ccc(CC(Cl)C2CCCOC2)cc1. The first-order valence-electron chi connectivity index (χ1n) is 5.72. The van der Waals surface area contributed by atoms with Crippen LogP contribution in [0.2, 0.25) is 5.02 Å². The van der Waals surface area contributed by atoms with Crippen LogP contribution in [0.25, 0.3) is 0 Å². The molecule has 2 atom stereocenters. The molecule has 0 bridgehead atoms. The maximum Gasteiger partial charge on any atom is 0.0508 e. The Kier molecular flexibility index (Phi) is 4.51. The molecule has 1 fully saturated rings. The molecule has 88 valence electrons. The highest BCUT2D eigenvalue weighted by molar-refractivity contribution is 6.30. The summed E-state index contributed by atoms with van der Waals surface area (Å²) in [5.74, 6) is 0.492. The average Bonchev–Trinajstić information content (AvgIpc) is 2.33. The molecule has 0 N–H and O–H groups in total. The predicted molar refractivity (Wildman–Crippen MR) is 68.3 cm³/mol. The van der Waals surface area contributed by atoms with Crippen molar-refractivity contribution < 1.29 is 4.74 Å². The van der Waals surface area contributed by atoms with Crippen molar-refractivity contribution in [2.75, 3.05) is 13.2 Å². The third kappa shape index (κ3) is 3.38. The van der Waals surface area contributed by atoms with E-state index >= 15 is 0 Å². The lowest BCUT2D eigenvalue weighted by Crippen LogP contribution is -2.27. The smallest absolute Gasteiger partial charge is 0.0508 e. The van der Waals surface area contributed by atoms with Crippen LogP contribution < -0.4 is 0 Å². The molecule has 1 saturated heterocycles. The van der Waals surface area contributed by atoms with Crippen LogP contribution in [0.1, 0.15) is 18.4 Å². The number of benzene rings is 1. The number of hydrogen-bond donors (Lipinski definition) is 0. The van der Waals surface area contributed by atoms with Crippen LogP contribution in [-0.4, -0.2) is 18.6 Å². The van der Waals surface area contributed by atoms with Gasteiger partial charge in [-0.1, -0.05) is 23.7 Å². The fourth-order valence-electron chi connectivity index (χ4n) is 2.06. The minimum atomic E-state index is 0.168. The lowest BCUT2D eigenvalue weighted by molar-refractivity contribution is 0.0533. The summed E-state index contributed by atoms with van der Waals surface area (Å²) in [4.78, 5) is 0. The Balaban J connectivity index is 1.90. The summed E-state index contributed by atoms with van der Waals surface area (Å²) in [7, 11) is 0. The van der Waals surface area contributed by atoms with Gasteiger partial charge >= 0.3 is 0 Å². The molecule has 3 heteroatoms. The van der Waals surface area contributed by atoms with Crippen molar-refractivity contribution in [1.29, 1.82) is 0 Å². The van der Waals surface area contributed by atoms with E-state index in [9.17, 15) is 0 Å². The van der Waals surface area contributed by atoms with E-state index in [0.717, 1.165) is 31.1 Å². The van der Waals surface area contributed by atoms with Gasteiger partial charge in [0.1, 0.15) is 0 Å². The molecule has 1 heterocycles. The van der Waals surface area contributed by atoms with Gasteiger partial charge in [-0.2, -0.15) is 0 Å². The number of hydrogen-bond acceptors (Lipinski definition) is 1. The highest BCUT2D eigenvalue weighted by Crippen LogP contribution is 2.24. The number of halogens is 2. The van der Waals surface area contributed by atoms with E-state index in [4.69, 9.17) is 27.9 Å². The molecule has 0 aromatic heterocycles. The summed E-state index contributed by atoms with van der Waals surface area (Å²) >= 11 is 12.3. The van der Waals surface area contributed by atoms with Crippen molar-refractivity contribution in [3.63, 3.8) is 0 Å². The van der Waals surface area contributed by atoms with Gasteiger partial charge in [-0.15, -0.1) is 11.6 Å². The first kappa shape index (κ1) is 12.2. The molecule has 0 spiro atoms. The molecule has 1 aliphatic rings. The molecule has 0 saturated carbocycles. The van der Waals surface area contributed by atoms with Crippen LogP contribution in [-0.2, 0) is 11.2 Å². The number of ether oxygens (including phenoxy) is 1. The molecule has 0 amide bonds. The third-order valence-corrected chi connectivity index (χ3v) is 3.81. The van der Waals surface area contributed by atoms with Crippen LogP contribution in [0.5, 0.6) is 0 Å². The minimum absolute atomic E-state index is 0.168. The Morgan fingerprint density at radius 3 is 2.69 bits per heavy atom. The molecule has 0 aliphatic carbocycles. The summed E-state index contributed by atoms with van der Waals surface area (Å²) in [5.41, 5.74) is 1.25. The molecule has 16 heavy (non-hydrogen) atoms. The van der Waals surface area contributed by atoms with E-state index in [2.05, 4.69) is 0 Å². The Morgan fingerprint density at radius 1 is 1.31 bits per heavy atom. The standard InChI is InChI=1S/C13H16Cl2O/c14-12-5-3-10(4-6-12)8-13(15)11-2-1-7-16-9-11/h3-6,11,13H,1-2,7-9H2. The number of alkyl halides is 1. The molecule has 1 aromatic carbocycles. The van der Waals surface area contributed by atoms with Gasteiger partial charge in [0.2, 0.25) is 0 Å². The zero-order chi connectivity index (χ0) is 11.4. The largest absolute Gasteiger partial charge is 0.381 e. The fourth-order valence-corrected chi connectivity index (χ4v) is 2.57. The van der Waals surface area contributed by atoms with Crippen molar-refractivity contribution in [1.82, 2.24) is 0 Å². The van der Waals surface area contributed by atoms with E-state index in [1.807, 2.05) is 24.3 Å². The van der Waals surface area contributed by atoms with Gasteiger partial charge in [0, 0.05) is 17.0 Å². The summed E-state index contributed by atoms with van der Waals surface area (Å²) in [6, 6.07) is 7.92. The highest BCUT2D eigenvalue weighted by atomic mass is 35.5. The van der Waals surface area contributed by atoms with Gasteiger partial charge in [-0.25, -0.2) is 0 Å². The van der Waals surface area contributed by atoms with E-state index in [-0.39, 0.29) is 5.38 Å². The molecule has 1 aromatic rings. The second-order valence-corrected chi connectivity index (χ2v) is 5.32. The van der Waals surface area contributed by atoms with Crippen molar-refractivity contribution in [2.45, 2.75) is 24.6 Å². The first-order valence-corrected chi connectivity index (χ1v) is 6.53. The van der Waals surface area contributed by atoms with Crippen LogP contribution in [0.15, 0.2) is 24.3 Å². The molecule has 0 radical (unpaired) electrons. The zero-order valence-electron chi connectivity index (χ0n) is 9.16. The molecule has 2 unspecified atom stereocenters. The van der Waals surface area contributed by atoms with Crippen molar-refractivity contribution >= 4 is 23.2 Å². The molecular weight excluding hydrogens is 243 g/mol. The van der Waals surface area contributed by atoms with Gasteiger partial charge in [0.05, 0.1) is 6.61 Å². The Bertz CT molecular complexity index is 317. The Hall–Kier alpha value is -0.240. The van der Waals surface area contributed by atoms with Gasteiger partial charge in [0.15, 0.2) is 0 Å².